The highest BCUT2D eigenvalue weighted by Gasteiger charge is 2.23. The van der Waals surface area contributed by atoms with Crippen LogP contribution >= 0.6 is 31.9 Å². The Bertz CT molecular complexity index is 1500. The summed E-state index contributed by atoms with van der Waals surface area (Å²) in [5.41, 5.74) is 3.33. The van der Waals surface area contributed by atoms with Gasteiger partial charge in [-0.3, -0.25) is 14.9 Å². The maximum Gasteiger partial charge on any atom is 0.269 e. The molecule has 0 heterocycles. The lowest BCUT2D eigenvalue weighted by molar-refractivity contribution is -0.384. The van der Waals surface area contributed by atoms with Crippen molar-refractivity contribution in [3.05, 3.63) is 126 Å². The summed E-state index contributed by atoms with van der Waals surface area (Å²) in [6.45, 7) is 6.09. The molecular weight excluding hydrogens is 614 g/mol. The first-order valence-electron chi connectivity index (χ1n) is 11.9. The van der Waals surface area contributed by atoms with Gasteiger partial charge >= 0.3 is 0 Å². The molecule has 4 rings (SSSR count). The van der Waals surface area contributed by atoms with Crippen molar-refractivity contribution in [2.45, 2.75) is 33.3 Å². The molecule has 4 aromatic rings. The van der Waals surface area contributed by atoms with Crippen molar-refractivity contribution in [1.29, 1.82) is 0 Å². The van der Waals surface area contributed by atoms with Crippen LogP contribution in [0, 0.1) is 17.0 Å². The van der Waals surface area contributed by atoms with E-state index in [9.17, 15) is 14.9 Å². The summed E-state index contributed by atoms with van der Waals surface area (Å²) in [6.07, 6.45) is 0. The summed E-state index contributed by atoms with van der Waals surface area (Å²) in [5, 5.41) is 11.2. The molecule has 0 amide bonds. The number of benzene rings is 4. The topological polar surface area (TPSA) is 78.7 Å². The summed E-state index contributed by atoms with van der Waals surface area (Å²) < 4.78 is 14.0. The van der Waals surface area contributed by atoms with Crippen LogP contribution in [0.15, 0.2) is 87.8 Å². The number of hydrogen-bond donors (Lipinski definition) is 0. The summed E-state index contributed by atoms with van der Waals surface area (Å²) in [4.78, 5) is 24.5. The number of carbonyl (C=O) groups is 1. The fraction of sp³-hybridized carbons (Fsp3) is 0.167. The highest BCUT2D eigenvalue weighted by atomic mass is 79.9. The maximum absolute atomic E-state index is 13.8. The first-order valence-corrected chi connectivity index (χ1v) is 13.5. The lowest BCUT2D eigenvalue weighted by Gasteiger charge is -2.20. The number of para-hydroxylation sites is 1. The number of nitro benzene ring substituents is 1. The number of halogens is 2. The van der Waals surface area contributed by atoms with E-state index in [4.69, 9.17) is 9.47 Å². The second-order valence-corrected chi connectivity index (χ2v) is 10.8. The summed E-state index contributed by atoms with van der Waals surface area (Å²) in [6, 6.07) is 22.8. The molecule has 8 heteroatoms. The van der Waals surface area contributed by atoms with E-state index >= 15 is 0 Å². The normalized spacial score (nSPS) is 10.9. The molecule has 0 unspecified atom stereocenters. The van der Waals surface area contributed by atoms with Gasteiger partial charge in [0, 0.05) is 23.3 Å². The van der Waals surface area contributed by atoms with Gasteiger partial charge in [-0.1, -0.05) is 55.8 Å². The van der Waals surface area contributed by atoms with Crippen LogP contribution in [0.1, 0.15) is 52.4 Å². The predicted molar refractivity (Wildman–Crippen MR) is 154 cm³/mol. The highest BCUT2D eigenvalue weighted by molar-refractivity contribution is 9.11. The number of non-ortho nitro benzene ring substituents is 1. The molecule has 0 spiro atoms. The first-order chi connectivity index (χ1) is 18.1. The van der Waals surface area contributed by atoms with Crippen LogP contribution in [-0.4, -0.2) is 10.7 Å². The Kier molecular flexibility index (Phi) is 8.64. The Morgan fingerprint density at radius 2 is 1.61 bits per heavy atom. The van der Waals surface area contributed by atoms with E-state index in [-0.39, 0.29) is 24.0 Å². The molecule has 6 nitrogen and oxygen atoms in total. The number of ketones is 1. The van der Waals surface area contributed by atoms with Gasteiger partial charge in [-0.2, -0.15) is 0 Å². The zero-order valence-corrected chi connectivity index (χ0v) is 24.2. The van der Waals surface area contributed by atoms with E-state index < -0.39 is 4.92 Å². The minimum atomic E-state index is -0.437. The van der Waals surface area contributed by atoms with Gasteiger partial charge < -0.3 is 9.47 Å². The largest absolute Gasteiger partial charge is 0.489 e. The number of rotatable bonds is 9. The van der Waals surface area contributed by atoms with Crippen LogP contribution in [-0.2, 0) is 6.61 Å². The number of nitrogens with zero attached hydrogens (tertiary/aromatic N) is 1. The fourth-order valence-electron chi connectivity index (χ4n) is 3.97. The Balaban J connectivity index is 1.81. The number of hydrogen-bond acceptors (Lipinski definition) is 5. The molecule has 4 aromatic carbocycles. The number of carbonyl (C=O) groups excluding carboxylic acids is 1. The third-order valence-corrected chi connectivity index (χ3v) is 7.15. The third-order valence-electron chi connectivity index (χ3n) is 5.91. The van der Waals surface area contributed by atoms with E-state index in [1.54, 1.807) is 24.3 Å². The summed E-state index contributed by atoms with van der Waals surface area (Å²) in [7, 11) is 0. The molecule has 0 aliphatic rings. The van der Waals surface area contributed by atoms with Crippen molar-refractivity contribution in [1.82, 2.24) is 0 Å². The van der Waals surface area contributed by atoms with Crippen molar-refractivity contribution in [3.8, 4) is 17.2 Å². The highest BCUT2D eigenvalue weighted by Crippen LogP contribution is 2.41. The SMILES string of the molecule is Cc1cccc(C(=O)c2cc(OCc3cccc([N+](=O)[O-])c3)c(C(C)C)cc2Oc2c(Br)cccc2Br)c1. The molecule has 0 aromatic heterocycles. The molecular formula is C30H25Br2NO5. The monoisotopic (exact) mass is 637 g/mol. The molecule has 0 saturated heterocycles. The van der Waals surface area contributed by atoms with Crippen LogP contribution in [0.3, 0.4) is 0 Å². The number of ether oxygens (including phenoxy) is 2. The number of nitro groups is 1. The van der Waals surface area contributed by atoms with E-state index in [1.165, 1.54) is 12.1 Å². The van der Waals surface area contributed by atoms with Crippen molar-refractivity contribution in [2.24, 2.45) is 0 Å². The van der Waals surface area contributed by atoms with Gasteiger partial charge in [0.1, 0.15) is 18.1 Å². The average molecular weight is 639 g/mol. The van der Waals surface area contributed by atoms with Gasteiger partial charge in [0.25, 0.3) is 5.69 Å². The van der Waals surface area contributed by atoms with Gasteiger partial charge in [0.15, 0.2) is 11.5 Å². The predicted octanol–water partition coefficient (Wildman–Crippen LogP) is 9.15. The Morgan fingerprint density at radius 3 is 2.26 bits per heavy atom. The third kappa shape index (κ3) is 6.31. The van der Waals surface area contributed by atoms with Gasteiger partial charge in [-0.05, 0) is 80.6 Å². The molecule has 38 heavy (non-hydrogen) atoms. The van der Waals surface area contributed by atoms with Crippen LogP contribution in [0.4, 0.5) is 5.69 Å². The van der Waals surface area contributed by atoms with Crippen molar-refractivity contribution < 1.29 is 19.2 Å². The van der Waals surface area contributed by atoms with Crippen molar-refractivity contribution in [3.63, 3.8) is 0 Å². The average Bonchev–Trinajstić information content (AvgIpc) is 2.89. The standard InChI is InChI=1S/C30H25Br2NO5/c1-18(2)23-15-28(38-30-25(31)11-6-12-26(30)32)24(29(34)21-9-4-7-19(3)13-21)16-27(23)37-17-20-8-5-10-22(14-20)33(35)36/h4-16,18H,17H2,1-3H3. The van der Waals surface area contributed by atoms with E-state index in [0.717, 1.165) is 20.1 Å². The smallest absolute Gasteiger partial charge is 0.269 e. The summed E-state index contributed by atoms with van der Waals surface area (Å²) >= 11 is 7.07. The first kappa shape index (κ1) is 27.5. The van der Waals surface area contributed by atoms with Crippen LogP contribution in [0.2, 0.25) is 0 Å². The Hall–Kier alpha value is -3.49. The van der Waals surface area contributed by atoms with Gasteiger partial charge in [0.05, 0.1) is 19.4 Å². The fourth-order valence-corrected chi connectivity index (χ4v) is 5.13. The van der Waals surface area contributed by atoms with E-state index in [0.29, 0.717) is 33.9 Å². The molecule has 0 fully saturated rings. The van der Waals surface area contributed by atoms with Crippen molar-refractivity contribution in [2.75, 3.05) is 0 Å². The zero-order valence-electron chi connectivity index (χ0n) is 21.0. The van der Waals surface area contributed by atoms with Gasteiger partial charge in [0.2, 0.25) is 0 Å². The quantitative estimate of drug-likeness (QED) is 0.104. The maximum atomic E-state index is 13.8. The molecule has 0 saturated carbocycles. The van der Waals surface area contributed by atoms with E-state index in [1.807, 2.05) is 63.2 Å². The molecule has 0 aliphatic heterocycles. The van der Waals surface area contributed by atoms with Gasteiger partial charge in [-0.25, -0.2) is 0 Å². The van der Waals surface area contributed by atoms with Gasteiger partial charge in [-0.15, -0.1) is 0 Å². The molecule has 0 bridgehead atoms. The number of aryl methyl sites for hydroxylation is 1. The second-order valence-electron chi connectivity index (χ2n) is 9.11. The summed E-state index contributed by atoms with van der Waals surface area (Å²) in [5.74, 6) is 1.30. The second kappa shape index (κ2) is 11.9. The molecule has 194 valence electrons. The molecule has 0 atom stereocenters. The minimum Gasteiger partial charge on any atom is -0.489 e. The lowest BCUT2D eigenvalue weighted by Crippen LogP contribution is -2.08. The minimum absolute atomic E-state index is 0.00624. The molecule has 0 radical (unpaired) electrons. The van der Waals surface area contributed by atoms with Crippen LogP contribution in [0.25, 0.3) is 0 Å². The van der Waals surface area contributed by atoms with Crippen molar-refractivity contribution >= 4 is 43.3 Å². The van der Waals surface area contributed by atoms with Crippen LogP contribution < -0.4 is 9.47 Å². The zero-order chi connectivity index (χ0) is 27.4. The Morgan fingerprint density at radius 1 is 0.921 bits per heavy atom. The lowest BCUT2D eigenvalue weighted by atomic mass is 9.95. The molecule has 0 N–H and O–H groups in total. The van der Waals surface area contributed by atoms with E-state index in [2.05, 4.69) is 31.9 Å². The Labute approximate surface area is 238 Å². The van der Waals surface area contributed by atoms with Crippen LogP contribution in [0.5, 0.6) is 17.2 Å². The molecule has 0 aliphatic carbocycles.